The SMILES string of the molecule is CC(C)CCOc1cc(N2CCC(N(C)C)CC2)ccc1-c1nc2ncc(C#N)c(N[C@H]3[C@@H](C(N)=O)[C@@H]4C=C[C@H]3C4)c2[nH]1. The van der Waals surface area contributed by atoms with E-state index in [1.165, 1.54) is 6.20 Å². The molecule has 2 aromatic heterocycles. The Morgan fingerprint density at radius 3 is 2.72 bits per heavy atom. The second-order valence-electron chi connectivity index (χ2n) is 12.9. The zero-order valence-electron chi connectivity index (χ0n) is 25.5. The molecule has 0 spiro atoms. The van der Waals surface area contributed by atoms with Crippen LogP contribution in [0.2, 0.25) is 0 Å². The Bertz CT molecular complexity index is 1560. The van der Waals surface area contributed by atoms with Gasteiger partial charge < -0.3 is 30.6 Å². The summed E-state index contributed by atoms with van der Waals surface area (Å²) < 4.78 is 6.40. The molecule has 4 N–H and O–H groups in total. The first kappa shape index (κ1) is 29.0. The molecule has 3 aliphatic rings. The minimum atomic E-state index is -0.330. The van der Waals surface area contributed by atoms with Gasteiger partial charge >= 0.3 is 0 Å². The summed E-state index contributed by atoms with van der Waals surface area (Å²) in [6, 6.07) is 9.01. The van der Waals surface area contributed by atoms with E-state index in [1.807, 2.05) is 0 Å². The molecule has 1 aliphatic heterocycles. The Morgan fingerprint density at radius 2 is 2.02 bits per heavy atom. The van der Waals surface area contributed by atoms with Crippen LogP contribution in [0, 0.1) is 35.0 Å². The maximum Gasteiger partial charge on any atom is 0.223 e. The van der Waals surface area contributed by atoms with Gasteiger partial charge in [0.2, 0.25) is 5.91 Å². The predicted octanol–water partition coefficient (Wildman–Crippen LogP) is 4.54. The number of H-pyrrole nitrogens is 1. The number of nitrogens with one attached hydrogen (secondary N) is 2. The third-order valence-electron chi connectivity index (χ3n) is 9.47. The number of imidazole rings is 1. The van der Waals surface area contributed by atoms with E-state index in [1.54, 1.807) is 0 Å². The molecule has 1 saturated heterocycles. The van der Waals surface area contributed by atoms with Gasteiger partial charge in [0.1, 0.15) is 23.2 Å². The average Bonchev–Trinajstić information content (AvgIpc) is 3.72. The molecule has 6 rings (SSSR count). The highest BCUT2D eigenvalue weighted by Crippen LogP contribution is 2.46. The summed E-state index contributed by atoms with van der Waals surface area (Å²) in [4.78, 5) is 29.9. The zero-order valence-corrected chi connectivity index (χ0v) is 25.5. The summed E-state index contributed by atoms with van der Waals surface area (Å²) in [6.07, 6.45) is 9.85. The Morgan fingerprint density at radius 1 is 1.26 bits per heavy atom. The fourth-order valence-electron chi connectivity index (χ4n) is 6.96. The molecule has 3 aromatic rings. The topological polar surface area (TPSA) is 136 Å². The Hall–Kier alpha value is -4.10. The smallest absolute Gasteiger partial charge is 0.223 e. The summed E-state index contributed by atoms with van der Waals surface area (Å²) >= 11 is 0. The van der Waals surface area contributed by atoms with E-state index in [-0.39, 0.29) is 29.7 Å². The van der Waals surface area contributed by atoms with E-state index < -0.39 is 0 Å². The molecule has 1 aromatic carbocycles. The van der Waals surface area contributed by atoms with Gasteiger partial charge in [-0.3, -0.25) is 4.79 Å². The average molecular weight is 583 g/mol. The van der Waals surface area contributed by atoms with Gasteiger partial charge in [0, 0.05) is 43.1 Å². The highest BCUT2D eigenvalue weighted by Gasteiger charge is 2.47. The van der Waals surface area contributed by atoms with Gasteiger partial charge in [-0.25, -0.2) is 9.97 Å². The molecule has 4 atom stereocenters. The molecule has 3 heterocycles. The van der Waals surface area contributed by atoms with Crippen LogP contribution < -0.4 is 20.7 Å². The number of nitrogens with zero attached hydrogens (tertiary/aromatic N) is 5. The number of hydrogen-bond donors (Lipinski definition) is 3. The number of aromatic amines is 1. The second kappa shape index (κ2) is 11.9. The largest absolute Gasteiger partial charge is 0.493 e. The molecule has 2 aliphatic carbocycles. The molecule has 0 unspecified atom stereocenters. The number of nitriles is 1. The van der Waals surface area contributed by atoms with E-state index >= 15 is 0 Å². The van der Waals surface area contributed by atoms with Gasteiger partial charge in [-0.1, -0.05) is 26.0 Å². The van der Waals surface area contributed by atoms with Crippen molar-refractivity contribution in [2.75, 3.05) is 44.0 Å². The first-order valence-electron chi connectivity index (χ1n) is 15.4. The Kier molecular flexibility index (Phi) is 8.01. The van der Waals surface area contributed by atoms with Gasteiger partial charge in [0.25, 0.3) is 0 Å². The molecule has 10 heteroatoms. The number of allylic oxidation sites excluding steroid dienone is 1. The van der Waals surface area contributed by atoms with Crippen LogP contribution in [0.5, 0.6) is 5.75 Å². The number of anilines is 2. The lowest BCUT2D eigenvalue weighted by Crippen LogP contribution is -2.41. The summed E-state index contributed by atoms with van der Waals surface area (Å²) in [5.74, 6) is 1.57. The third-order valence-corrected chi connectivity index (χ3v) is 9.47. The standard InChI is InChI=1S/C33H42N8O2/c1-19(2)11-14-43-26-16-24(41-12-9-23(10-13-41)40(3)4)7-8-25(26)32-38-30-29(22(17-34)18-36-33(30)39-32)37-28-21-6-5-20(15-21)27(28)31(35)42/h5-8,16,18-21,23,27-28H,9-15H2,1-4H3,(H2,35,42)(H2,36,37,38,39)/t20-,21+,27+,28-/m1/s1. The van der Waals surface area contributed by atoms with Crippen molar-refractivity contribution in [3.63, 3.8) is 0 Å². The maximum atomic E-state index is 12.4. The number of hydrogen-bond acceptors (Lipinski definition) is 8. The zero-order chi connectivity index (χ0) is 30.2. The number of primary amides is 1. The maximum absolute atomic E-state index is 12.4. The van der Waals surface area contributed by atoms with Crippen molar-refractivity contribution in [1.82, 2.24) is 19.9 Å². The van der Waals surface area contributed by atoms with Crippen molar-refractivity contribution in [1.29, 1.82) is 5.26 Å². The molecular weight excluding hydrogens is 540 g/mol. The molecule has 43 heavy (non-hydrogen) atoms. The first-order valence-corrected chi connectivity index (χ1v) is 15.4. The minimum Gasteiger partial charge on any atom is -0.493 e. The Labute approximate surface area is 253 Å². The quantitative estimate of drug-likeness (QED) is 0.297. The highest BCUT2D eigenvalue weighted by atomic mass is 16.5. The molecule has 1 saturated carbocycles. The lowest BCUT2D eigenvalue weighted by atomic mass is 9.88. The number of amides is 1. The summed E-state index contributed by atoms with van der Waals surface area (Å²) in [5, 5.41) is 13.5. The van der Waals surface area contributed by atoms with Gasteiger partial charge in [0.05, 0.1) is 29.3 Å². The van der Waals surface area contributed by atoms with Crippen molar-refractivity contribution in [3.05, 3.63) is 42.1 Å². The van der Waals surface area contributed by atoms with E-state index in [0.717, 1.165) is 55.8 Å². The molecule has 2 fully saturated rings. The fraction of sp³-hybridized carbons (Fsp3) is 0.515. The van der Waals surface area contributed by atoms with Crippen LogP contribution in [0.25, 0.3) is 22.6 Å². The third kappa shape index (κ3) is 5.66. The van der Waals surface area contributed by atoms with Crippen LogP contribution in [-0.2, 0) is 4.79 Å². The van der Waals surface area contributed by atoms with Gasteiger partial charge in [-0.15, -0.1) is 0 Å². The van der Waals surface area contributed by atoms with Crippen molar-refractivity contribution in [2.24, 2.45) is 29.4 Å². The Balaban J connectivity index is 1.34. The highest BCUT2D eigenvalue weighted by molar-refractivity contribution is 5.92. The summed E-state index contributed by atoms with van der Waals surface area (Å²) in [6.45, 7) is 6.98. The number of fused-ring (bicyclic) bond motifs is 3. The number of ether oxygens (including phenoxy) is 1. The van der Waals surface area contributed by atoms with Gasteiger partial charge in [-0.2, -0.15) is 5.26 Å². The monoisotopic (exact) mass is 582 g/mol. The lowest BCUT2D eigenvalue weighted by molar-refractivity contribution is -0.122. The number of rotatable bonds is 10. The van der Waals surface area contributed by atoms with E-state index in [0.29, 0.717) is 46.8 Å². The van der Waals surface area contributed by atoms with Gasteiger partial charge in [-0.05, 0) is 69.7 Å². The number of aromatic nitrogens is 3. The van der Waals surface area contributed by atoms with Crippen molar-refractivity contribution < 1.29 is 9.53 Å². The van der Waals surface area contributed by atoms with Crippen LogP contribution in [0.4, 0.5) is 11.4 Å². The molecule has 0 radical (unpaired) electrons. The van der Waals surface area contributed by atoms with Crippen molar-refractivity contribution in [3.8, 4) is 23.2 Å². The van der Waals surface area contributed by atoms with Crippen LogP contribution in [-0.4, -0.2) is 71.6 Å². The molecule has 226 valence electrons. The van der Waals surface area contributed by atoms with E-state index in [4.69, 9.17) is 15.5 Å². The molecule has 2 bridgehead atoms. The first-order chi connectivity index (χ1) is 20.7. The van der Waals surface area contributed by atoms with E-state index in [9.17, 15) is 10.1 Å². The molecule has 1 amide bonds. The number of carbonyl (C=O) groups excluding carboxylic acids is 1. The number of pyridine rings is 1. The van der Waals surface area contributed by atoms with Crippen LogP contribution in [0.15, 0.2) is 36.5 Å². The summed E-state index contributed by atoms with van der Waals surface area (Å²) in [5.41, 5.74) is 9.93. The minimum absolute atomic E-state index is 0.123. The second-order valence-corrected chi connectivity index (χ2v) is 12.9. The number of nitrogens with two attached hydrogens (primary N) is 1. The van der Waals surface area contributed by atoms with Crippen LogP contribution >= 0.6 is 0 Å². The van der Waals surface area contributed by atoms with Crippen LogP contribution in [0.1, 0.15) is 45.1 Å². The number of benzene rings is 1. The van der Waals surface area contributed by atoms with Crippen molar-refractivity contribution >= 4 is 28.4 Å². The summed E-state index contributed by atoms with van der Waals surface area (Å²) in [7, 11) is 4.31. The number of piperidine rings is 1. The predicted molar refractivity (Wildman–Crippen MR) is 169 cm³/mol. The molecule has 10 nitrogen and oxygen atoms in total. The van der Waals surface area contributed by atoms with Crippen LogP contribution in [0.3, 0.4) is 0 Å². The fourth-order valence-corrected chi connectivity index (χ4v) is 6.96. The molecular formula is C33H42N8O2. The lowest BCUT2D eigenvalue weighted by Gasteiger charge is -2.36. The normalized spacial score (nSPS) is 23.4. The number of carbonyl (C=O) groups is 1. The van der Waals surface area contributed by atoms with E-state index in [2.05, 4.69) is 89.4 Å². The van der Waals surface area contributed by atoms with Crippen molar-refractivity contribution in [2.45, 2.75) is 51.6 Å². The van der Waals surface area contributed by atoms with Gasteiger partial charge in [0.15, 0.2) is 5.65 Å².